The topological polar surface area (TPSA) is 63.6 Å². The molecular weight excluding hydrogens is 617 g/mol. The quantitative estimate of drug-likeness (QED) is 0.187. The van der Waals surface area contributed by atoms with Crippen LogP contribution in [0.3, 0.4) is 0 Å². The first-order chi connectivity index (χ1) is 23.1. The van der Waals surface area contributed by atoms with Gasteiger partial charge in [-0.05, 0) is 99.3 Å². The van der Waals surface area contributed by atoms with Crippen molar-refractivity contribution in [2.24, 2.45) is 17.3 Å². The van der Waals surface area contributed by atoms with Crippen LogP contribution in [0, 0.1) is 17.3 Å². The number of piperidine rings is 1. The number of ether oxygens (including phenoxy) is 3. The summed E-state index contributed by atoms with van der Waals surface area (Å²) in [6.07, 6.45) is 16.1. The Kier molecular flexibility index (Phi) is 11.7. The summed E-state index contributed by atoms with van der Waals surface area (Å²) in [7, 11) is -0.102. The summed E-state index contributed by atoms with van der Waals surface area (Å²) in [6.45, 7) is 17.2. The first-order valence-corrected chi connectivity index (χ1v) is 22.6. The van der Waals surface area contributed by atoms with Gasteiger partial charge in [0.25, 0.3) is 0 Å². The van der Waals surface area contributed by atoms with Crippen molar-refractivity contribution >= 4 is 8.32 Å². The van der Waals surface area contributed by atoms with E-state index in [1.54, 1.807) is 7.11 Å². The smallest absolute Gasteiger partial charge is 0.191 e. The Bertz CT molecular complexity index is 1180. The molecule has 1 aromatic carbocycles. The molecule has 5 fully saturated rings. The fraction of sp³-hybridized carbons (Fsp3) is 0.850. The summed E-state index contributed by atoms with van der Waals surface area (Å²) >= 11 is 0. The molecule has 1 aliphatic carbocycles. The minimum Gasteiger partial charge on any atom is -0.497 e. The van der Waals surface area contributed by atoms with Gasteiger partial charge in [-0.15, -0.1) is 0 Å². The summed E-state index contributed by atoms with van der Waals surface area (Å²) in [4.78, 5) is 5.68. The first kappa shape index (κ1) is 36.8. The molecule has 7 atom stereocenters. The summed E-state index contributed by atoms with van der Waals surface area (Å²) in [5, 5.41) is 11.7. The van der Waals surface area contributed by atoms with Crippen LogP contribution < -0.4 is 4.74 Å². The molecule has 6 rings (SSSR count). The lowest BCUT2D eigenvalue weighted by Gasteiger charge is -2.65. The zero-order chi connectivity index (χ0) is 34.0. The van der Waals surface area contributed by atoms with E-state index in [0.717, 1.165) is 50.5 Å². The van der Waals surface area contributed by atoms with Gasteiger partial charge in [-0.2, -0.15) is 0 Å². The number of methoxy groups -OCH3 is 1. The molecule has 4 saturated heterocycles. The lowest BCUT2D eigenvalue weighted by atomic mass is 9.51. The van der Waals surface area contributed by atoms with E-state index in [1.807, 2.05) is 12.1 Å². The molecule has 1 N–H and O–H groups in total. The van der Waals surface area contributed by atoms with Gasteiger partial charge in [-0.1, -0.05) is 77.8 Å². The van der Waals surface area contributed by atoms with Gasteiger partial charge < -0.3 is 23.7 Å². The van der Waals surface area contributed by atoms with E-state index >= 15 is 0 Å². The molecule has 8 heteroatoms. The number of hydrogen-bond acceptors (Lipinski definition) is 7. The molecule has 4 aliphatic heterocycles. The molecule has 1 aromatic rings. The largest absolute Gasteiger partial charge is 0.497 e. The standard InChI is InChI=1S/C40H68N2O5Si/c1-38(2,3)48(5,6)47-25-15-16-36-42-27-32-26-39(30-46-36)22-13-11-9-7-8-10-12-14-23-41-24-21-34(32)40(42,37(39)41)35(28-43)45-29-31-17-19-33(44-4)20-18-31/h17-20,32,34-37,43H,7-16,21-30H2,1-6H3/t32?,34?,35-,36+,37?,39?,40?/m1/s1. The summed E-state index contributed by atoms with van der Waals surface area (Å²) in [5.74, 6) is 2.01. The molecule has 272 valence electrons. The van der Waals surface area contributed by atoms with Gasteiger partial charge in [-0.3, -0.25) is 9.80 Å². The normalized spacial score (nSPS) is 34.1. The van der Waals surface area contributed by atoms with Crippen molar-refractivity contribution in [2.75, 3.05) is 46.6 Å². The summed E-state index contributed by atoms with van der Waals surface area (Å²) < 4.78 is 26.3. The molecule has 0 aromatic heterocycles. The van der Waals surface area contributed by atoms with Gasteiger partial charge >= 0.3 is 0 Å². The average Bonchev–Trinajstić information content (AvgIpc) is 3.26. The number of benzene rings is 1. The Hall–Kier alpha value is -1.00. The van der Waals surface area contributed by atoms with Crippen LogP contribution >= 0.6 is 0 Å². The van der Waals surface area contributed by atoms with Crippen molar-refractivity contribution in [3.63, 3.8) is 0 Å². The highest BCUT2D eigenvalue weighted by atomic mass is 28.4. The Morgan fingerprint density at radius 3 is 2.40 bits per heavy atom. The van der Waals surface area contributed by atoms with Gasteiger partial charge in [0.1, 0.15) is 18.1 Å². The molecular formula is C40H68N2O5Si. The van der Waals surface area contributed by atoms with Crippen LogP contribution in [-0.2, 0) is 20.5 Å². The van der Waals surface area contributed by atoms with Crippen LogP contribution in [0.4, 0.5) is 0 Å². The molecule has 48 heavy (non-hydrogen) atoms. The van der Waals surface area contributed by atoms with Gasteiger partial charge in [0, 0.05) is 24.6 Å². The number of hydrogen-bond donors (Lipinski definition) is 1. The van der Waals surface area contributed by atoms with Crippen molar-refractivity contribution in [1.82, 2.24) is 9.80 Å². The van der Waals surface area contributed by atoms with Crippen molar-refractivity contribution in [1.29, 1.82) is 0 Å². The molecule has 5 aliphatic rings. The molecule has 0 amide bonds. The minimum atomic E-state index is -1.81. The van der Waals surface area contributed by atoms with Crippen LogP contribution in [0.2, 0.25) is 18.1 Å². The third kappa shape index (κ3) is 7.07. The zero-order valence-electron chi connectivity index (χ0n) is 31.3. The second-order valence-corrected chi connectivity index (χ2v) is 22.4. The lowest BCUT2D eigenvalue weighted by Crippen LogP contribution is -2.77. The van der Waals surface area contributed by atoms with E-state index in [2.05, 4.69) is 55.8 Å². The van der Waals surface area contributed by atoms with Crippen LogP contribution in [0.15, 0.2) is 24.3 Å². The average molecular weight is 685 g/mol. The van der Waals surface area contributed by atoms with Crippen LogP contribution in [0.25, 0.3) is 0 Å². The second kappa shape index (κ2) is 15.3. The maximum atomic E-state index is 11.5. The van der Waals surface area contributed by atoms with Crippen molar-refractivity contribution in [3.05, 3.63) is 29.8 Å². The van der Waals surface area contributed by atoms with E-state index in [4.69, 9.17) is 18.6 Å². The molecule has 4 heterocycles. The predicted octanol–water partition coefficient (Wildman–Crippen LogP) is 8.01. The van der Waals surface area contributed by atoms with Crippen molar-refractivity contribution < 1.29 is 23.7 Å². The molecule has 7 nitrogen and oxygen atoms in total. The summed E-state index contributed by atoms with van der Waals surface area (Å²) in [6, 6.07) is 8.58. The SMILES string of the molecule is COc1ccc(CO[C@H](CO)C23C4CCN5CCCCCCCCCCC6(CO[C@@H](CCCO[Si](C)(C)C(C)(C)C)N2CC4C6)C53)cc1. The predicted molar refractivity (Wildman–Crippen MR) is 196 cm³/mol. The highest BCUT2D eigenvalue weighted by molar-refractivity contribution is 6.74. The van der Waals surface area contributed by atoms with E-state index in [9.17, 15) is 5.11 Å². The Morgan fingerprint density at radius 2 is 1.71 bits per heavy atom. The summed E-state index contributed by atoms with van der Waals surface area (Å²) in [5.41, 5.74) is 0.956. The minimum absolute atomic E-state index is 0.0302. The number of aliphatic hydroxyl groups excluding tert-OH is 1. The van der Waals surface area contributed by atoms with Gasteiger partial charge in [0.2, 0.25) is 0 Å². The Labute approximate surface area is 293 Å². The molecule has 5 bridgehead atoms. The first-order valence-electron chi connectivity index (χ1n) is 19.7. The zero-order valence-corrected chi connectivity index (χ0v) is 32.3. The molecule has 1 saturated carbocycles. The Morgan fingerprint density at radius 1 is 1.00 bits per heavy atom. The highest BCUT2D eigenvalue weighted by Gasteiger charge is 2.74. The highest BCUT2D eigenvalue weighted by Crippen LogP contribution is 2.65. The maximum Gasteiger partial charge on any atom is 0.191 e. The van der Waals surface area contributed by atoms with Crippen LogP contribution in [0.1, 0.15) is 110 Å². The van der Waals surface area contributed by atoms with E-state index in [-0.39, 0.29) is 34.9 Å². The van der Waals surface area contributed by atoms with Gasteiger partial charge in [-0.25, -0.2) is 0 Å². The number of rotatable bonds is 11. The van der Waals surface area contributed by atoms with Crippen LogP contribution in [-0.4, -0.2) is 93.7 Å². The number of nitrogens with zero attached hydrogens (tertiary/aromatic N) is 2. The number of aliphatic hydroxyl groups is 1. The molecule has 0 radical (unpaired) electrons. The maximum absolute atomic E-state index is 11.5. The second-order valence-electron chi connectivity index (χ2n) is 17.6. The third-order valence-corrected chi connectivity index (χ3v) is 18.3. The lowest BCUT2D eigenvalue weighted by molar-refractivity contribution is -0.199. The van der Waals surface area contributed by atoms with E-state index in [1.165, 1.54) is 77.2 Å². The van der Waals surface area contributed by atoms with Crippen molar-refractivity contribution in [2.45, 2.75) is 153 Å². The van der Waals surface area contributed by atoms with Gasteiger partial charge in [0.15, 0.2) is 8.32 Å². The fourth-order valence-corrected chi connectivity index (χ4v) is 11.6. The van der Waals surface area contributed by atoms with Crippen LogP contribution in [0.5, 0.6) is 5.75 Å². The monoisotopic (exact) mass is 684 g/mol. The Balaban J connectivity index is 1.34. The fourth-order valence-electron chi connectivity index (χ4n) is 10.6. The van der Waals surface area contributed by atoms with E-state index < -0.39 is 8.32 Å². The van der Waals surface area contributed by atoms with Gasteiger partial charge in [0.05, 0.1) is 32.5 Å². The van der Waals surface area contributed by atoms with E-state index in [0.29, 0.717) is 24.5 Å². The third-order valence-electron chi connectivity index (χ3n) is 13.8. The molecule has 0 spiro atoms. The van der Waals surface area contributed by atoms with Crippen molar-refractivity contribution in [3.8, 4) is 5.75 Å². The molecule has 5 unspecified atom stereocenters.